The fraction of sp³-hybridized carbons (Fsp3) is 0.364. The summed E-state index contributed by atoms with van der Waals surface area (Å²) < 4.78 is 12.6. The van der Waals surface area contributed by atoms with E-state index < -0.39 is 0 Å². The minimum absolute atomic E-state index is 0.181. The molecule has 0 aliphatic heterocycles. The van der Waals surface area contributed by atoms with Gasteiger partial charge < -0.3 is 4.42 Å². The highest BCUT2D eigenvalue weighted by molar-refractivity contribution is 5.79. The van der Waals surface area contributed by atoms with Crippen molar-refractivity contribution in [1.82, 2.24) is 4.98 Å². The van der Waals surface area contributed by atoms with Gasteiger partial charge in [-0.1, -0.05) is 13.8 Å². The quantitative estimate of drug-likeness (QED) is 0.666. The van der Waals surface area contributed by atoms with Crippen molar-refractivity contribution in [2.45, 2.75) is 26.7 Å². The van der Waals surface area contributed by atoms with E-state index in [0.717, 1.165) is 10.9 Å². The Morgan fingerprint density at radius 1 is 1.54 bits per heavy atom. The summed E-state index contributed by atoms with van der Waals surface area (Å²) in [5.74, 6) is 0.428. The third-order valence-electron chi connectivity index (χ3n) is 2.26. The number of aromatic nitrogens is 1. The number of aryl methyl sites for hydroxylation is 1. The Hall–Kier alpha value is -1.31. The molecule has 13 heavy (non-hydrogen) atoms. The zero-order valence-corrected chi connectivity index (χ0v) is 8.09. The van der Waals surface area contributed by atoms with E-state index in [2.05, 4.69) is 18.8 Å². The van der Waals surface area contributed by atoms with Crippen LogP contribution in [0.2, 0.25) is 0 Å². The highest BCUT2D eigenvalue weighted by atomic mass is 16.3. The second-order valence-electron chi connectivity index (χ2n) is 3.59. The number of hydrogen-bond acceptors (Lipinski definition) is 2. The molecule has 0 radical (unpaired) electrons. The van der Waals surface area contributed by atoms with Crippen molar-refractivity contribution in [3.8, 4) is 0 Å². The van der Waals surface area contributed by atoms with Gasteiger partial charge >= 0.3 is 0 Å². The van der Waals surface area contributed by atoms with Crippen LogP contribution in [-0.4, -0.2) is 4.98 Å². The van der Waals surface area contributed by atoms with E-state index in [-0.39, 0.29) is 6.24 Å². The second-order valence-corrected chi connectivity index (χ2v) is 3.59. The molecule has 0 saturated carbocycles. The summed E-state index contributed by atoms with van der Waals surface area (Å²) in [6.07, 6.45) is 1.99. The molecule has 2 heteroatoms. The van der Waals surface area contributed by atoms with Crippen LogP contribution < -0.4 is 0 Å². The van der Waals surface area contributed by atoms with E-state index in [4.69, 9.17) is 5.79 Å². The summed E-state index contributed by atoms with van der Waals surface area (Å²) in [6.45, 7) is 6.31. The number of furan rings is 1. The van der Waals surface area contributed by atoms with Crippen LogP contribution in [0.4, 0.5) is 0 Å². The smallest absolute Gasteiger partial charge is 0.226 e. The van der Waals surface area contributed by atoms with Crippen molar-refractivity contribution >= 4 is 11.1 Å². The Labute approximate surface area is 79.0 Å². The van der Waals surface area contributed by atoms with E-state index in [0.29, 0.717) is 11.6 Å². The Bertz CT molecular complexity index is 473. The summed E-state index contributed by atoms with van der Waals surface area (Å²) in [5.41, 5.74) is 2.97. The van der Waals surface area contributed by atoms with Crippen LogP contribution in [0.1, 0.15) is 32.3 Å². The normalized spacial score (nSPS) is 12.5. The average Bonchev–Trinajstić information content (AvgIpc) is 2.43. The zero-order chi connectivity index (χ0) is 10.3. The molecular weight excluding hydrogens is 162 g/mol. The Balaban J connectivity index is 2.82. The highest BCUT2D eigenvalue weighted by Gasteiger charge is 2.10. The molecule has 2 nitrogen and oxygen atoms in total. The van der Waals surface area contributed by atoms with Crippen LogP contribution in [-0.2, 0) is 0 Å². The first-order valence-corrected chi connectivity index (χ1v) is 4.45. The molecule has 0 saturated heterocycles. The average molecular weight is 176 g/mol. The summed E-state index contributed by atoms with van der Waals surface area (Å²) in [4.78, 5) is 4.16. The van der Waals surface area contributed by atoms with E-state index in [9.17, 15) is 0 Å². The van der Waals surface area contributed by atoms with Gasteiger partial charge in [0, 0.05) is 11.6 Å². The maximum absolute atomic E-state index is 7.42. The lowest BCUT2D eigenvalue weighted by Gasteiger charge is -2.09. The summed E-state index contributed by atoms with van der Waals surface area (Å²) in [7, 11) is 0. The fourth-order valence-corrected chi connectivity index (χ4v) is 1.75. The number of fused-ring (bicyclic) bond motifs is 1. The van der Waals surface area contributed by atoms with Crippen LogP contribution in [0.3, 0.4) is 0 Å². The number of pyridine rings is 1. The largest absolute Gasteiger partial charge is 0.446 e. The Kier molecular flexibility index (Phi) is 1.58. The van der Waals surface area contributed by atoms with Crippen molar-refractivity contribution in [1.29, 1.82) is 0 Å². The minimum atomic E-state index is 0.181. The lowest BCUT2D eigenvalue weighted by molar-refractivity contribution is 0.602. The van der Waals surface area contributed by atoms with Crippen molar-refractivity contribution in [3.05, 3.63) is 29.6 Å². The molecule has 2 aromatic rings. The van der Waals surface area contributed by atoms with Crippen LogP contribution >= 0.6 is 0 Å². The lowest BCUT2D eigenvalue weighted by Crippen LogP contribution is -1.93. The fourth-order valence-electron chi connectivity index (χ4n) is 1.75. The van der Waals surface area contributed by atoms with Crippen LogP contribution in [0.5, 0.6) is 0 Å². The van der Waals surface area contributed by atoms with Crippen LogP contribution in [0, 0.1) is 6.92 Å². The van der Waals surface area contributed by atoms with Gasteiger partial charge in [0.05, 0.1) is 6.24 Å². The molecule has 0 atom stereocenters. The predicted molar refractivity (Wildman–Crippen MR) is 52.8 cm³/mol. The Morgan fingerprint density at radius 3 is 3.00 bits per heavy atom. The summed E-state index contributed by atoms with van der Waals surface area (Å²) in [6, 6.07) is 1.74. The van der Waals surface area contributed by atoms with Crippen molar-refractivity contribution in [2.75, 3.05) is 0 Å². The SMILES string of the molecule is [2H]c1cc2c(C(C)C)c(C)cnc2o1. The first-order chi connectivity index (χ1) is 6.59. The number of hydrogen-bond donors (Lipinski definition) is 0. The van der Waals surface area contributed by atoms with Gasteiger partial charge in [0.2, 0.25) is 5.71 Å². The molecule has 0 spiro atoms. The van der Waals surface area contributed by atoms with Gasteiger partial charge in [-0.05, 0) is 30.0 Å². The van der Waals surface area contributed by atoms with Gasteiger partial charge in [0.15, 0.2) is 0 Å². The molecule has 0 aromatic carbocycles. The molecule has 0 aliphatic carbocycles. The molecule has 68 valence electrons. The first kappa shape index (κ1) is 7.13. The van der Waals surface area contributed by atoms with Gasteiger partial charge in [0.1, 0.15) is 1.37 Å². The maximum atomic E-state index is 7.42. The molecule has 0 aliphatic rings. The molecule has 0 bridgehead atoms. The third-order valence-corrected chi connectivity index (χ3v) is 2.26. The van der Waals surface area contributed by atoms with E-state index >= 15 is 0 Å². The van der Waals surface area contributed by atoms with Crippen molar-refractivity contribution in [2.24, 2.45) is 0 Å². The van der Waals surface area contributed by atoms with E-state index in [1.807, 2.05) is 6.92 Å². The van der Waals surface area contributed by atoms with Crippen molar-refractivity contribution in [3.63, 3.8) is 0 Å². The molecule has 0 amide bonds. The van der Waals surface area contributed by atoms with Gasteiger partial charge in [-0.2, -0.15) is 0 Å². The van der Waals surface area contributed by atoms with Crippen molar-refractivity contribution < 1.29 is 5.79 Å². The van der Waals surface area contributed by atoms with E-state index in [1.54, 1.807) is 12.3 Å². The summed E-state index contributed by atoms with van der Waals surface area (Å²) >= 11 is 0. The second kappa shape index (κ2) is 2.87. The molecule has 2 heterocycles. The highest BCUT2D eigenvalue weighted by Crippen LogP contribution is 2.27. The molecule has 0 N–H and O–H groups in total. The summed E-state index contributed by atoms with van der Waals surface area (Å²) in [5, 5.41) is 0.977. The van der Waals surface area contributed by atoms with Gasteiger partial charge in [-0.15, -0.1) is 0 Å². The predicted octanol–water partition coefficient (Wildman–Crippen LogP) is 3.26. The minimum Gasteiger partial charge on any atom is -0.446 e. The van der Waals surface area contributed by atoms with Gasteiger partial charge in [-0.25, -0.2) is 4.98 Å². The first-order valence-electron chi connectivity index (χ1n) is 4.95. The molecule has 2 aromatic heterocycles. The monoisotopic (exact) mass is 176 g/mol. The third kappa shape index (κ3) is 1.22. The molecular formula is C11H13NO. The zero-order valence-electron chi connectivity index (χ0n) is 9.09. The van der Waals surface area contributed by atoms with Gasteiger partial charge in [-0.3, -0.25) is 0 Å². The van der Waals surface area contributed by atoms with Crippen LogP contribution in [0.15, 0.2) is 22.9 Å². The standard InChI is InChI=1S/C11H13NO/c1-7(2)10-8(3)6-12-11-9(10)4-5-13-11/h4-7H,1-3H3/i5D. The molecule has 0 fully saturated rings. The van der Waals surface area contributed by atoms with Gasteiger partial charge in [0.25, 0.3) is 0 Å². The number of nitrogens with zero attached hydrogens (tertiary/aromatic N) is 1. The lowest BCUT2D eigenvalue weighted by atomic mass is 9.97. The van der Waals surface area contributed by atoms with E-state index in [1.165, 1.54) is 5.56 Å². The Morgan fingerprint density at radius 2 is 2.31 bits per heavy atom. The number of rotatable bonds is 1. The maximum Gasteiger partial charge on any atom is 0.226 e. The molecule has 0 unspecified atom stereocenters. The topological polar surface area (TPSA) is 26.0 Å². The molecule has 2 rings (SSSR count). The van der Waals surface area contributed by atoms with Crippen LogP contribution in [0.25, 0.3) is 11.1 Å².